The van der Waals surface area contributed by atoms with E-state index in [4.69, 9.17) is 9.47 Å². The summed E-state index contributed by atoms with van der Waals surface area (Å²) in [4.78, 5) is 0. The number of sulfonamides is 1. The summed E-state index contributed by atoms with van der Waals surface area (Å²) in [5, 5.41) is 0. The second kappa shape index (κ2) is 9.28. The Morgan fingerprint density at radius 1 is 0.786 bits per heavy atom. The van der Waals surface area contributed by atoms with E-state index in [1.807, 2.05) is 54.6 Å². The minimum atomic E-state index is -3.51. The Labute approximate surface area is 166 Å². The van der Waals surface area contributed by atoms with Crippen LogP contribution in [0.15, 0.2) is 78.9 Å². The van der Waals surface area contributed by atoms with E-state index in [9.17, 15) is 8.42 Å². The molecule has 146 valence electrons. The predicted molar refractivity (Wildman–Crippen MR) is 112 cm³/mol. The summed E-state index contributed by atoms with van der Waals surface area (Å²) in [6.07, 6.45) is 0.952. The lowest BCUT2D eigenvalue weighted by molar-refractivity contribution is 0.341. The number of ether oxygens (including phenoxy) is 2. The Morgan fingerprint density at radius 2 is 1.39 bits per heavy atom. The van der Waals surface area contributed by atoms with Crippen LogP contribution in [-0.4, -0.2) is 20.8 Å². The van der Waals surface area contributed by atoms with E-state index in [0.717, 1.165) is 12.2 Å². The average molecular weight is 397 g/mol. The smallest absolute Gasteiger partial charge is 0.236 e. The van der Waals surface area contributed by atoms with Crippen LogP contribution in [0.25, 0.3) is 0 Å². The van der Waals surface area contributed by atoms with Crippen molar-refractivity contribution >= 4 is 15.7 Å². The van der Waals surface area contributed by atoms with Crippen molar-refractivity contribution in [3.63, 3.8) is 0 Å². The van der Waals surface area contributed by atoms with Gasteiger partial charge in [-0.05, 0) is 60.5 Å². The Morgan fingerprint density at radius 3 is 2.04 bits per heavy atom. The third kappa shape index (κ3) is 6.03. The zero-order valence-electron chi connectivity index (χ0n) is 15.7. The first-order valence-corrected chi connectivity index (χ1v) is 10.7. The molecule has 0 saturated carbocycles. The molecule has 5 nitrogen and oxygen atoms in total. The van der Waals surface area contributed by atoms with Crippen LogP contribution in [0.2, 0.25) is 0 Å². The van der Waals surface area contributed by atoms with Crippen molar-refractivity contribution in [2.24, 2.45) is 0 Å². The van der Waals surface area contributed by atoms with Crippen LogP contribution < -0.4 is 14.2 Å². The van der Waals surface area contributed by atoms with E-state index in [1.54, 1.807) is 24.3 Å². The van der Waals surface area contributed by atoms with E-state index < -0.39 is 10.0 Å². The van der Waals surface area contributed by atoms with Gasteiger partial charge in [-0.3, -0.25) is 4.72 Å². The largest absolute Gasteiger partial charge is 0.492 e. The van der Waals surface area contributed by atoms with Crippen LogP contribution in [-0.2, 0) is 16.4 Å². The zero-order valence-corrected chi connectivity index (χ0v) is 16.5. The lowest BCUT2D eigenvalue weighted by Gasteiger charge is -2.11. The van der Waals surface area contributed by atoms with Crippen molar-refractivity contribution in [3.8, 4) is 17.2 Å². The lowest BCUT2D eigenvalue weighted by atomic mass is 10.2. The molecule has 0 aliphatic rings. The van der Waals surface area contributed by atoms with Gasteiger partial charge in [0.2, 0.25) is 10.0 Å². The Bertz CT molecular complexity index is 969. The second-order valence-electron chi connectivity index (χ2n) is 6.21. The van der Waals surface area contributed by atoms with Crippen molar-refractivity contribution in [2.45, 2.75) is 13.3 Å². The number of rotatable bonds is 9. The molecule has 6 heteroatoms. The number of nitrogens with one attached hydrogen (secondary N) is 1. The number of anilines is 1. The molecule has 0 bridgehead atoms. The van der Waals surface area contributed by atoms with Crippen molar-refractivity contribution < 1.29 is 17.9 Å². The highest BCUT2D eigenvalue weighted by atomic mass is 32.2. The van der Waals surface area contributed by atoms with Gasteiger partial charge in [0, 0.05) is 5.69 Å². The Balaban J connectivity index is 1.50. The molecule has 0 heterocycles. The number of aryl methyl sites for hydroxylation is 1. The first kappa shape index (κ1) is 19.8. The van der Waals surface area contributed by atoms with Crippen molar-refractivity contribution in [1.82, 2.24) is 0 Å². The lowest BCUT2D eigenvalue weighted by Crippen LogP contribution is -2.21. The zero-order chi connectivity index (χ0) is 19.8. The molecule has 3 rings (SSSR count). The van der Waals surface area contributed by atoms with Crippen LogP contribution in [0.5, 0.6) is 17.2 Å². The average Bonchev–Trinajstić information content (AvgIpc) is 2.70. The molecule has 3 aromatic carbocycles. The SMILES string of the molecule is CCc1ccc(OCCS(=O)(=O)Nc2ccc(Oc3ccccc3)cc2)cc1. The third-order valence-electron chi connectivity index (χ3n) is 4.06. The van der Waals surface area contributed by atoms with E-state index in [-0.39, 0.29) is 12.4 Å². The highest BCUT2D eigenvalue weighted by Crippen LogP contribution is 2.23. The van der Waals surface area contributed by atoms with Gasteiger partial charge in [-0.15, -0.1) is 0 Å². The number of hydrogen-bond donors (Lipinski definition) is 1. The summed E-state index contributed by atoms with van der Waals surface area (Å²) >= 11 is 0. The number of para-hydroxylation sites is 1. The van der Waals surface area contributed by atoms with Crippen molar-refractivity contribution in [1.29, 1.82) is 0 Å². The molecular weight excluding hydrogens is 374 g/mol. The Hall–Kier alpha value is -2.99. The molecule has 0 spiro atoms. The molecule has 0 unspecified atom stereocenters. The molecule has 1 N–H and O–H groups in total. The standard InChI is InChI=1S/C22H23NO4S/c1-2-18-8-12-20(13-9-18)26-16-17-28(24,25)23-19-10-14-22(15-11-19)27-21-6-4-3-5-7-21/h3-15,23H,2,16-17H2,1H3. The fourth-order valence-corrected chi connectivity index (χ4v) is 3.44. The van der Waals surface area contributed by atoms with Gasteiger partial charge in [0.25, 0.3) is 0 Å². The summed E-state index contributed by atoms with van der Waals surface area (Å²) in [5.41, 5.74) is 1.69. The maximum Gasteiger partial charge on any atom is 0.236 e. The Kier molecular flexibility index (Phi) is 6.55. The molecule has 0 aliphatic carbocycles. The molecule has 0 atom stereocenters. The van der Waals surface area contributed by atoms with E-state index in [0.29, 0.717) is 17.2 Å². The number of benzene rings is 3. The van der Waals surface area contributed by atoms with E-state index >= 15 is 0 Å². The normalized spacial score (nSPS) is 11.0. The maximum absolute atomic E-state index is 12.2. The second-order valence-corrected chi connectivity index (χ2v) is 8.05. The summed E-state index contributed by atoms with van der Waals surface area (Å²) in [6, 6.07) is 23.8. The van der Waals surface area contributed by atoms with Crippen molar-refractivity contribution in [3.05, 3.63) is 84.4 Å². The van der Waals surface area contributed by atoms with Crippen LogP contribution >= 0.6 is 0 Å². The monoisotopic (exact) mass is 397 g/mol. The highest BCUT2D eigenvalue weighted by Gasteiger charge is 2.11. The quantitative estimate of drug-likeness (QED) is 0.560. The molecule has 0 radical (unpaired) electrons. The first-order valence-electron chi connectivity index (χ1n) is 9.09. The minimum Gasteiger partial charge on any atom is -0.492 e. The van der Waals surface area contributed by atoms with Crippen LogP contribution in [0, 0.1) is 0 Å². The summed E-state index contributed by atoms with van der Waals surface area (Å²) in [7, 11) is -3.51. The van der Waals surface area contributed by atoms with Gasteiger partial charge in [0.05, 0.1) is 0 Å². The van der Waals surface area contributed by atoms with Crippen LogP contribution in [0.4, 0.5) is 5.69 Å². The van der Waals surface area contributed by atoms with Gasteiger partial charge in [0.1, 0.15) is 29.6 Å². The van der Waals surface area contributed by atoms with Crippen molar-refractivity contribution in [2.75, 3.05) is 17.1 Å². The van der Waals surface area contributed by atoms with Gasteiger partial charge < -0.3 is 9.47 Å². The molecule has 0 aliphatic heterocycles. The fraction of sp³-hybridized carbons (Fsp3) is 0.182. The van der Waals surface area contributed by atoms with Gasteiger partial charge in [-0.25, -0.2) is 8.42 Å². The molecule has 0 fully saturated rings. The molecule has 3 aromatic rings. The number of hydrogen-bond acceptors (Lipinski definition) is 4. The predicted octanol–water partition coefficient (Wildman–Crippen LogP) is 4.86. The molecule has 0 aromatic heterocycles. The molecule has 0 saturated heterocycles. The molecular formula is C22H23NO4S. The van der Waals surface area contributed by atoms with Crippen LogP contribution in [0.1, 0.15) is 12.5 Å². The van der Waals surface area contributed by atoms with Gasteiger partial charge in [-0.2, -0.15) is 0 Å². The van der Waals surface area contributed by atoms with E-state index in [1.165, 1.54) is 5.56 Å². The van der Waals surface area contributed by atoms with Gasteiger partial charge in [0.15, 0.2) is 0 Å². The summed E-state index contributed by atoms with van der Waals surface area (Å²) < 4.78 is 38.3. The van der Waals surface area contributed by atoms with Gasteiger partial charge >= 0.3 is 0 Å². The van der Waals surface area contributed by atoms with E-state index in [2.05, 4.69) is 11.6 Å². The first-order chi connectivity index (χ1) is 13.5. The van der Waals surface area contributed by atoms with Crippen LogP contribution in [0.3, 0.4) is 0 Å². The summed E-state index contributed by atoms with van der Waals surface area (Å²) in [5.74, 6) is 1.88. The highest BCUT2D eigenvalue weighted by molar-refractivity contribution is 7.92. The third-order valence-corrected chi connectivity index (χ3v) is 5.31. The molecule has 0 amide bonds. The summed E-state index contributed by atoms with van der Waals surface area (Å²) in [6.45, 7) is 2.16. The fourth-order valence-electron chi connectivity index (χ4n) is 2.54. The minimum absolute atomic E-state index is 0.0794. The topological polar surface area (TPSA) is 64.6 Å². The molecule has 28 heavy (non-hydrogen) atoms. The van der Waals surface area contributed by atoms with Gasteiger partial charge in [-0.1, -0.05) is 37.3 Å². The maximum atomic E-state index is 12.2.